The van der Waals surface area contributed by atoms with Crippen LogP contribution in [0.5, 0.6) is 5.75 Å². The van der Waals surface area contributed by atoms with Crippen molar-refractivity contribution in [1.82, 2.24) is 0 Å². The van der Waals surface area contributed by atoms with Crippen molar-refractivity contribution < 1.29 is 15.0 Å². The highest BCUT2D eigenvalue weighted by Gasteiger charge is 2.08. The van der Waals surface area contributed by atoms with Crippen LogP contribution in [0.3, 0.4) is 0 Å². The van der Waals surface area contributed by atoms with Crippen LogP contribution in [0.15, 0.2) is 18.2 Å². The summed E-state index contributed by atoms with van der Waals surface area (Å²) in [6.45, 7) is 0. The molecule has 5 heteroatoms. The molecule has 0 saturated carbocycles. The van der Waals surface area contributed by atoms with Crippen LogP contribution in [-0.4, -0.2) is 16.2 Å². The van der Waals surface area contributed by atoms with Gasteiger partial charge < -0.3 is 15.6 Å². The quantitative estimate of drug-likeness (QED) is 0.378. The largest absolute Gasteiger partial charge is 0.508 e. The third kappa shape index (κ3) is 1.46. The summed E-state index contributed by atoms with van der Waals surface area (Å²) in [5.74, 6) is 3.90. The van der Waals surface area contributed by atoms with Crippen LogP contribution in [0.2, 0.25) is 0 Å². The van der Waals surface area contributed by atoms with Crippen molar-refractivity contribution in [2.24, 2.45) is 5.84 Å². The van der Waals surface area contributed by atoms with E-state index in [1.807, 2.05) is 0 Å². The molecule has 0 saturated heterocycles. The molecule has 0 aliphatic heterocycles. The molecule has 0 radical (unpaired) electrons. The molecule has 0 spiro atoms. The lowest BCUT2D eigenvalue weighted by atomic mass is 10.2. The number of carboxylic acids is 1. The fraction of sp³-hybridized carbons (Fsp3) is 0. The first-order valence-corrected chi connectivity index (χ1v) is 3.18. The van der Waals surface area contributed by atoms with E-state index in [0.717, 1.165) is 0 Å². The lowest BCUT2D eigenvalue weighted by Crippen LogP contribution is -2.11. The Morgan fingerprint density at radius 2 is 2.17 bits per heavy atom. The van der Waals surface area contributed by atoms with Crippen LogP contribution < -0.4 is 11.3 Å². The average Bonchev–Trinajstić information content (AvgIpc) is 2.03. The SMILES string of the molecule is NNc1cc(O)ccc1C(=O)O. The fourth-order valence-corrected chi connectivity index (χ4v) is 0.838. The van der Waals surface area contributed by atoms with Gasteiger partial charge in [0, 0.05) is 6.07 Å². The summed E-state index contributed by atoms with van der Waals surface area (Å²) < 4.78 is 0. The highest BCUT2D eigenvalue weighted by Crippen LogP contribution is 2.20. The minimum absolute atomic E-state index is 0.0234. The fourth-order valence-electron chi connectivity index (χ4n) is 0.838. The van der Waals surface area contributed by atoms with Gasteiger partial charge in [0.05, 0.1) is 11.3 Å². The monoisotopic (exact) mass is 168 g/mol. The molecular weight excluding hydrogens is 160 g/mol. The summed E-state index contributed by atoms with van der Waals surface area (Å²) in [6.07, 6.45) is 0. The summed E-state index contributed by atoms with van der Waals surface area (Å²) in [4.78, 5) is 10.5. The Labute approximate surface area is 68.4 Å². The number of aromatic hydroxyl groups is 1. The minimum atomic E-state index is -1.09. The van der Waals surface area contributed by atoms with Crippen molar-refractivity contribution in [3.63, 3.8) is 0 Å². The number of nitrogens with two attached hydrogens (primary N) is 1. The standard InChI is InChI=1S/C7H8N2O3/c8-9-6-3-4(10)1-2-5(6)7(11)12/h1-3,9-10H,8H2,(H,11,12). The number of phenolic OH excluding ortho intramolecular Hbond substituents is 1. The summed E-state index contributed by atoms with van der Waals surface area (Å²) in [6, 6.07) is 3.79. The van der Waals surface area contributed by atoms with Gasteiger partial charge >= 0.3 is 5.97 Å². The zero-order chi connectivity index (χ0) is 9.14. The third-order valence-corrected chi connectivity index (χ3v) is 1.39. The molecule has 0 aromatic heterocycles. The van der Waals surface area contributed by atoms with Crippen molar-refractivity contribution in [3.8, 4) is 5.75 Å². The summed E-state index contributed by atoms with van der Waals surface area (Å²) in [5, 5.41) is 17.6. The molecule has 0 heterocycles. The first-order chi connectivity index (χ1) is 5.65. The maximum Gasteiger partial charge on any atom is 0.337 e. The van der Waals surface area contributed by atoms with Crippen LogP contribution in [-0.2, 0) is 0 Å². The van der Waals surface area contributed by atoms with Gasteiger partial charge in [-0.2, -0.15) is 0 Å². The normalized spacial score (nSPS) is 9.42. The van der Waals surface area contributed by atoms with Crippen LogP contribution in [0, 0.1) is 0 Å². The number of carboxylic acid groups (broad SMARTS) is 1. The molecule has 1 aromatic carbocycles. The highest BCUT2D eigenvalue weighted by atomic mass is 16.4. The summed E-state index contributed by atoms with van der Waals surface area (Å²) in [7, 11) is 0. The zero-order valence-electron chi connectivity index (χ0n) is 6.11. The van der Waals surface area contributed by atoms with E-state index in [1.165, 1.54) is 18.2 Å². The van der Waals surface area contributed by atoms with Gasteiger partial charge in [0.15, 0.2) is 0 Å². The van der Waals surface area contributed by atoms with E-state index in [9.17, 15) is 4.79 Å². The van der Waals surface area contributed by atoms with Crippen molar-refractivity contribution in [3.05, 3.63) is 23.8 Å². The molecular formula is C7H8N2O3. The summed E-state index contributed by atoms with van der Waals surface area (Å²) >= 11 is 0. The minimum Gasteiger partial charge on any atom is -0.508 e. The van der Waals surface area contributed by atoms with E-state index >= 15 is 0 Å². The number of hydrogen-bond acceptors (Lipinski definition) is 4. The second-order valence-corrected chi connectivity index (χ2v) is 2.18. The molecule has 0 atom stereocenters. The number of aromatic carboxylic acids is 1. The van der Waals surface area contributed by atoms with E-state index in [2.05, 4.69) is 5.43 Å². The maximum atomic E-state index is 10.5. The number of phenols is 1. The van der Waals surface area contributed by atoms with E-state index in [1.54, 1.807) is 0 Å². The number of carbonyl (C=O) groups is 1. The van der Waals surface area contributed by atoms with Gasteiger partial charge in [-0.25, -0.2) is 4.79 Å². The van der Waals surface area contributed by atoms with Crippen molar-refractivity contribution >= 4 is 11.7 Å². The predicted molar refractivity (Wildman–Crippen MR) is 42.9 cm³/mol. The molecule has 64 valence electrons. The Hall–Kier alpha value is -1.75. The molecule has 1 rings (SSSR count). The van der Waals surface area contributed by atoms with Gasteiger partial charge in [-0.3, -0.25) is 5.84 Å². The molecule has 0 amide bonds. The smallest absolute Gasteiger partial charge is 0.337 e. The van der Waals surface area contributed by atoms with Crippen molar-refractivity contribution in [2.75, 3.05) is 5.43 Å². The van der Waals surface area contributed by atoms with Gasteiger partial charge in [0.25, 0.3) is 0 Å². The number of nitrogens with one attached hydrogen (secondary N) is 1. The Bertz CT molecular complexity index is 312. The summed E-state index contributed by atoms with van der Waals surface area (Å²) in [5.41, 5.74) is 2.38. The van der Waals surface area contributed by atoms with E-state index < -0.39 is 5.97 Å². The first kappa shape index (κ1) is 8.35. The van der Waals surface area contributed by atoms with Crippen molar-refractivity contribution in [1.29, 1.82) is 0 Å². The Kier molecular flexibility index (Phi) is 2.16. The first-order valence-electron chi connectivity index (χ1n) is 3.18. The molecule has 0 aliphatic rings. The topological polar surface area (TPSA) is 95.6 Å². The lowest BCUT2D eigenvalue weighted by Gasteiger charge is -2.04. The van der Waals surface area contributed by atoms with Crippen LogP contribution >= 0.6 is 0 Å². The molecule has 12 heavy (non-hydrogen) atoms. The lowest BCUT2D eigenvalue weighted by molar-refractivity contribution is 0.0698. The zero-order valence-corrected chi connectivity index (χ0v) is 6.11. The van der Waals surface area contributed by atoms with Crippen molar-refractivity contribution in [2.45, 2.75) is 0 Å². The molecule has 0 fully saturated rings. The molecule has 0 aliphatic carbocycles. The van der Waals surface area contributed by atoms with E-state index in [4.69, 9.17) is 16.1 Å². The number of nitrogen functional groups attached to an aromatic ring is 1. The number of hydrogen-bond donors (Lipinski definition) is 4. The molecule has 5 nitrogen and oxygen atoms in total. The van der Waals surface area contributed by atoms with Gasteiger partial charge in [0.2, 0.25) is 0 Å². The van der Waals surface area contributed by atoms with Gasteiger partial charge in [-0.15, -0.1) is 0 Å². The average molecular weight is 168 g/mol. The highest BCUT2D eigenvalue weighted by molar-refractivity contribution is 5.94. The molecule has 5 N–H and O–H groups in total. The Balaban J connectivity index is 3.20. The second kappa shape index (κ2) is 3.10. The molecule has 1 aromatic rings. The van der Waals surface area contributed by atoms with E-state index in [-0.39, 0.29) is 17.0 Å². The Morgan fingerprint density at radius 3 is 2.67 bits per heavy atom. The van der Waals surface area contributed by atoms with Gasteiger partial charge in [-0.05, 0) is 12.1 Å². The molecule has 0 bridgehead atoms. The van der Waals surface area contributed by atoms with Crippen LogP contribution in [0.25, 0.3) is 0 Å². The molecule has 0 unspecified atom stereocenters. The number of rotatable bonds is 2. The third-order valence-electron chi connectivity index (χ3n) is 1.39. The Morgan fingerprint density at radius 1 is 1.50 bits per heavy atom. The number of anilines is 1. The van der Waals surface area contributed by atoms with Gasteiger partial charge in [0.1, 0.15) is 5.75 Å². The second-order valence-electron chi connectivity index (χ2n) is 2.18. The maximum absolute atomic E-state index is 10.5. The predicted octanol–water partition coefficient (Wildman–Crippen LogP) is 0.376. The van der Waals surface area contributed by atoms with Crippen LogP contribution in [0.1, 0.15) is 10.4 Å². The van der Waals surface area contributed by atoms with Gasteiger partial charge in [-0.1, -0.05) is 0 Å². The number of hydrazine groups is 1. The van der Waals surface area contributed by atoms with Crippen LogP contribution in [0.4, 0.5) is 5.69 Å². The number of benzene rings is 1. The van der Waals surface area contributed by atoms with E-state index in [0.29, 0.717) is 0 Å².